The summed E-state index contributed by atoms with van der Waals surface area (Å²) in [6.45, 7) is 0. The Bertz CT molecular complexity index is 642. The van der Waals surface area contributed by atoms with Crippen LogP contribution in [0.4, 0.5) is 0 Å². The zero-order valence-electron chi connectivity index (χ0n) is 10.8. The molecule has 19 heavy (non-hydrogen) atoms. The first-order chi connectivity index (χ1) is 9.17. The van der Waals surface area contributed by atoms with Crippen LogP contribution in [0.5, 0.6) is 17.5 Å². The Hall–Kier alpha value is -2.15. The van der Waals surface area contributed by atoms with Crippen molar-refractivity contribution >= 4 is 12.2 Å². The largest absolute Gasteiger partial charge is 0.493 e. The molecule has 0 fully saturated rings. The Morgan fingerprint density at radius 1 is 1.00 bits per heavy atom. The molecule has 0 radical (unpaired) electrons. The van der Waals surface area contributed by atoms with Gasteiger partial charge < -0.3 is 14.2 Å². The van der Waals surface area contributed by atoms with Gasteiger partial charge in [-0.1, -0.05) is 0 Å². The number of nitrogens with one attached hydrogen (secondary N) is 1. The van der Waals surface area contributed by atoms with E-state index in [9.17, 15) is 0 Å². The summed E-state index contributed by atoms with van der Waals surface area (Å²) in [5.41, 5.74) is 0.796. The van der Waals surface area contributed by atoms with Gasteiger partial charge in [0.25, 0.3) is 6.01 Å². The van der Waals surface area contributed by atoms with Crippen LogP contribution in [0.1, 0.15) is 0 Å². The standard InChI is InChI=1S/C12H13N3O3S/c1-16-8-5-4-7(6-9(8)17-2)10-13-11(18-3)15-12(19)14-10/h4-6H,1-3H3,(H,13,14,15,19). The van der Waals surface area contributed by atoms with E-state index in [-0.39, 0.29) is 4.77 Å². The van der Waals surface area contributed by atoms with Crippen molar-refractivity contribution in [3.05, 3.63) is 23.0 Å². The minimum Gasteiger partial charge on any atom is -0.493 e. The van der Waals surface area contributed by atoms with E-state index in [1.807, 2.05) is 6.07 Å². The smallest absolute Gasteiger partial charge is 0.297 e. The van der Waals surface area contributed by atoms with Crippen molar-refractivity contribution in [2.24, 2.45) is 0 Å². The first-order valence-electron chi connectivity index (χ1n) is 5.42. The van der Waals surface area contributed by atoms with Crippen molar-refractivity contribution in [1.29, 1.82) is 0 Å². The predicted octanol–water partition coefficient (Wildman–Crippen LogP) is 2.23. The van der Waals surface area contributed by atoms with Crippen LogP contribution in [-0.2, 0) is 0 Å². The first kappa shape index (κ1) is 13.3. The van der Waals surface area contributed by atoms with Gasteiger partial charge in [-0.05, 0) is 30.4 Å². The Morgan fingerprint density at radius 2 is 1.74 bits per heavy atom. The molecular weight excluding hydrogens is 266 g/mol. The Kier molecular flexibility index (Phi) is 3.96. The summed E-state index contributed by atoms with van der Waals surface area (Å²) < 4.78 is 15.7. The molecule has 0 aliphatic heterocycles. The van der Waals surface area contributed by atoms with E-state index in [1.54, 1.807) is 26.4 Å². The van der Waals surface area contributed by atoms with E-state index in [4.69, 9.17) is 26.4 Å². The Balaban J connectivity index is 2.52. The Morgan fingerprint density at radius 3 is 2.37 bits per heavy atom. The second-order valence-electron chi connectivity index (χ2n) is 3.56. The fraction of sp³-hybridized carbons (Fsp3) is 0.250. The number of rotatable bonds is 4. The van der Waals surface area contributed by atoms with Crippen LogP contribution in [0.3, 0.4) is 0 Å². The van der Waals surface area contributed by atoms with E-state index in [1.165, 1.54) is 7.11 Å². The summed E-state index contributed by atoms with van der Waals surface area (Å²) >= 11 is 4.99. The van der Waals surface area contributed by atoms with Crippen molar-refractivity contribution in [3.8, 4) is 28.9 Å². The number of methoxy groups -OCH3 is 3. The number of hydrogen-bond donors (Lipinski definition) is 1. The normalized spacial score (nSPS) is 10.1. The molecular formula is C12H13N3O3S. The summed E-state index contributed by atoms with van der Waals surface area (Å²) in [5.74, 6) is 1.81. The highest BCUT2D eigenvalue weighted by Gasteiger charge is 2.09. The van der Waals surface area contributed by atoms with E-state index < -0.39 is 0 Å². The quantitative estimate of drug-likeness (QED) is 0.865. The Labute approximate surface area is 115 Å². The number of benzene rings is 1. The molecule has 6 nitrogen and oxygen atoms in total. The van der Waals surface area contributed by atoms with Crippen LogP contribution in [0.25, 0.3) is 11.4 Å². The predicted molar refractivity (Wildman–Crippen MR) is 72.3 cm³/mol. The van der Waals surface area contributed by atoms with E-state index in [2.05, 4.69) is 15.0 Å². The third-order valence-electron chi connectivity index (χ3n) is 2.48. The molecule has 1 aromatic heterocycles. The van der Waals surface area contributed by atoms with Gasteiger partial charge in [0.1, 0.15) is 5.82 Å². The molecule has 0 amide bonds. The molecule has 2 aromatic rings. The van der Waals surface area contributed by atoms with Crippen molar-refractivity contribution in [1.82, 2.24) is 15.0 Å². The molecule has 1 N–H and O–H groups in total. The van der Waals surface area contributed by atoms with Crippen LogP contribution in [-0.4, -0.2) is 36.3 Å². The highest BCUT2D eigenvalue weighted by Crippen LogP contribution is 2.31. The molecule has 1 aromatic carbocycles. The molecule has 0 bridgehead atoms. The van der Waals surface area contributed by atoms with Crippen LogP contribution in [0.2, 0.25) is 0 Å². The van der Waals surface area contributed by atoms with Gasteiger partial charge in [-0.25, -0.2) is 4.98 Å². The van der Waals surface area contributed by atoms with E-state index in [0.29, 0.717) is 23.3 Å². The van der Waals surface area contributed by atoms with Gasteiger partial charge in [0.15, 0.2) is 11.5 Å². The number of ether oxygens (including phenoxy) is 3. The van der Waals surface area contributed by atoms with Gasteiger partial charge in [0.05, 0.1) is 21.3 Å². The molecule has 0 aliphatic carbocycles. The number of nitrogens with zero attached hydrogens (tertiary/aromatic N) is 2. The lowest BCUT2D eigenvalue weighted by atomic mass is 10.2. The highest BCUT2D eigenvalue weighted by atomic mass is 32.1. The van der Waals surface area contributed by atoms with Gasteiger partial charge >= 0.3 is 0 Å². The van der Waals surface area contributed by atoms with Gasteiger partial charge in [0.2, 0.25) is 4.77 Å². The first-order valence-corrected chi connectivity index (χ1v) is 5.83. The average Bonchev–Trinajstić information content (AvgIpc) is 2.45. The van der Waals surface area contributed by atoms with Crippen molar-refractivity contribution in [2.45, 2.75) is 0 Å². The number of aromatic nitrogens is 3. The lowest BCUT2D eigenvalue weighted by molar-refractivity contribution is 0.355. The zero-order valence-corrected chi connectivity index (χ0v) is 11.6. The third-order valence-corrected chi connectivity index (χ3v) is 2.66. The molecule has 100 valence electrons. The lowest BCUT2D eigenvalue weighted by Crippen LogP contribution is -1.98. The van der Waals surface area contributed by atoms with E-state index in [0.717, 1.165) is 5.56 Å². The molecule has 0 saturated carbocycles. The van der Waals surface area contributed by atoms with E-state index >= 15 is 0 Å². The molecule has 0 aliphatic rings. The third kappa shape index (κ3) is 2.82. The van der Waals surface area contributed by atoms with Gasteiger partial charge in [-0.15, -0.1) is 0 Å². The molecule has 7 heteroatoms. The van der Waals surface area contributed by atoms with Crippen molar-refractivity contribution in [3.63, 3.8) is 0 Å². The van der Waals surface area contributed by atoms with Gasteiger partial charge in [-0.3, -0.25) is 4.98 Å². The number of hydrogen-bond acceptors (Lipinski definition) is 6. The lowest BCUT2D eigenvalue weighted by Gasteiger charge is -2.09. The monoisotopic (exact) mass is 279 g/mol. The summed E-state index contributed by atoms with van der Waals surface area (Å²) in [6.07, 6.45) is 0. The topological polar surface area (TPSA) is 69.3 Å². The highest BCUT2D eigenvalue weighted by molar-refractivity contribution is 7.71. The zero-order chi connectivity index (χ0) is 13.8. The van der Waals surface area contributed by atoms with Gasteiger partial charge in [-0.2, -0.15) is 4.98 Å². The summed E-state index contributed by atoms with van der Waals surface area (Å²) in [6, 6.07) is 5.74. The molecule has 0 unspecified atom stereocenters. The maximum atomic E-state index is 5.25. The molecule has 1 heterocycles. The maximum absolute atomic E-state index is 5.25. The maximum Gasteiger partial charge on any atom is 0.297 e. The van der Waals surface area contributed by atoms with Crippen LogP contribution in [0.15, 0.2) is 18.2 Å². The molecule has 2 rings (SSSR count). The van der Waals surface area contributed by atoms with Crippen LogP contribution >= 0.6 is 12.2 Å². The molecule has 0 atom stereocenters. The number of aromatic amines is 1. The second-order valence-corrected chi connectivity index (χ2v) is 3.92. The van der Waals surface area contributed by atoms with Gasteiger partial charge in [0, 0.05) is 5.56 Å². The fourth-order valence-electron chi connectivity index (χ4n) is 1.58. The minimum absolute atomic E-state index is 0.209. The number of H-pyrrole nitrogens is 1. The van der Waals surface area contributed by atoms with Crippen LogP contribution in [0, 0.1) is 4.77 Å². The molecule has 0 saturated heterocycles. The summed E-state index contributed by atoms with van der Waals surface area (Å²) in [5, 5.41) is 0. The van der Waals surface area contributed by atoms with Crippen LogP contribution < -0.4 is 14.2 Å². The fourth-order valence-corrected chi connectivity index (χ4v) is 1.76. The summed E-state index contributed by atoms with van der Waals surface area (Å²) in [4.78, 5) is 11.0. The average molecular weight is 279 g/mol. The second kappa shape index (κ2) is 5.66. The summed E-state index contributed by atoms with van der Waals surface area (Å²) in [7, 11) is 4.66. The SMILES string of the molecule is COc1nc(=S)nc(-c2ccc(OC)c(OC)c2)[nH]1. The molecule has 0 spiro atoms. The van der Waals surface area contributed by atoms with Crippen molar-refractivity contribution < 1.29 is 14.2 Å². The minimum atomic E-state index is 0.209. The van der Waals surface area contributed by atoms with Crippen molar-refractivity contribution in [2.75, 3.05) is 21.3 Å².